The second-order valence-corrected chi connectivity index (χ2v) is 5.68. The number of tetrazole rings is 1. The molecule has 2 N–H and O–H groups in total. The molecule has 2 aromatic heterocycles. The largest absolute Gasteiger partial charge is 0.494 e. The maximum atomic E-state index is 12.7. The summed E-state index contributed by atoms with van der Waals surface area (Å²) in [5, 5.41) is 21.5. The van der Waals surface area contributed by atoms with E-state index in [1.165, 1.54) is 0 Å². The van der Waals surface area contributed by atoms with Gasteiger partial charge in [0.1, 0.15) is 17.5 Å². The number of likely N-dealkylation sites (N-methyl/N-ethyl adjacent to an activating group) is 1. The van der Waals surface area contributed by atoms with Crippen molar-refractivity contribution in [2.75, 3.05) is 19.5 Å². The van der Waals surface area contributed by atoms with Gasteiger partial charge in [-0.05, 0) is 42.6 Å². The van der Waals surface area contributed by atoms with Crippen LogP contribution in [0.4, 0.5) is 5.69 Å². The average Bonchev–Trinajstić information content (AvgIpc) is 3.24. The topological polar surface area (TPSA) is 112 Å². The first-order valence-corrected chi connectivity index (χ1v) is 7.93. The number of amides is 1. The predicted octanol–water partition coefficient (Wildman–Crippen LogP) is 0.612. The third-order valence-electron chi connectivity index (χ3n) is 3.91. The number of benzene rings is 1. The van der Waals surface area contributed by atoms with Gasteiger partial charge in [-0.3, -0.25) is 9.48 Å². The molecule has 26 heavy (non-hydrogen) atoms. The zero-order valence-corrected chi connectivity index (χ0v) is 15.0. The van der Waals surface area contributed by atoms with Crippen molar-refractivity contribution in [2.24, 2.45) is 7.05 Å². The Morgan fingerprint density at radius 2 is 2.15 bits per heavy atom. The fraction of sp³-hybridized carbons (Fsp3) is 0.312. The molecular formula is C16H20N8O2. The lowest BCUT2D eigenvalue weighted by Crippen LogP contribution is -2.30. The van der Waals surface area contributed by atoms with E-state index in [-0.39, 0.29) is 5.91 Å². The van der Waals surface area contributed by atoms with Crippen LogP contribution in [-0.4, -0.2) is 50.1 Å². The number of nitrogens with one attached hydrogen (secondary N) is 2. The van der Waals surface area contributed by atoms with E-state index in [9.17, 15) is 4.79 Å². The summed E-state index contributed by atoms with van der Waals surface area (Å²) in [6.07, 6.45) is 3.45. The van der Waals surface area contributed by atoms with Crippen LogP contribution in [0.25, 0.3) is 5.69 Å². The van der Waals surface area contributed by atoms with Crippen molar-refractivity contribution in [2.45, 2.75) is 13.0 Å². The van der Waals surface area contributed by atoms with Crippen molar-refractivity contribution in [1.29, 1.82) is 0 Å². The normalized spacial score (nSPS) is 12.0. The van der Waals surface area contributed by atoms with E-state index < -0.39 is 6.04 Å². The van der Waals surface area contributed by atoms with Crippen molar-refractivity contribution in [1.82, 2.24) is 35.3 Å². The summed E-state index contributed by atoms with van der Waals surface area (Å²) in [6, 6.07) is 4.75. The monoisotopic (exact) mass is 356 g/mol. The van der Waals surface area contributed by atoms with Crippen molar-refractivity contribution in [3.63, 3.8) is 0 Å². The molecule has 0 spiro atoms. The summed E-state index contributed by atoms with van der Waals surface area (Å²) in [6.45, 7) is 1.78. The first-order chi connectivity index (χ1) is 12.5. The van der Waals surface area contributed by atoms with E-state index >= 15 is 0 Å². The Labute approximate surface area is 150 Å². The highest BCUT2D eigenvalue weighted by Crippen LogP contribution is 2.27. The number of carbonyl (C=O) groups excluding carboxylic acids is 1. The molecule has 0 aliphatic rings. The number of rotatable bonds is 6. The van der Waals surface area contributed by atoms with Crippen molar-refractivity contribution < 1.29 is 9.53 Å². The molecule has 3 rings (SSSR count). The lowest BCUT2D eigenvalue weighted by molar-refractivity contribution is -0.118. The molecule has 0 bridgehead atoms. The minimum Gasteiger partial charge on any atom is -0.494 e. The highest BCUT2D eigenvalue weighted by Gasteiger charge is 2.21. The van der Waals surface area contributed by atoms with Crippen LogP contribution < -0.4 is 15.4 Å². The maximum absolute atomic E-state index is 12.7. The molecule has 0 radical (unpaired) electrons. The number of hydrogen-bond donors (Lipinski definition) is 2. The first-order valence-electron chi connectivity index (χ1n) is 7.93. The van der Waals surface area contributed by atoms with Crippen molar-refractivity contribution in [3.8, 4) is 11.4 Å². The number of aryl methyl sites for hydroxylation is 2. The molecule has 10 nitrogen and oxygen atoms in total. The van der Waals surface area contributed by atoms with Gasteiger partial charge in [-0.1, -0.05) is 0 Å². The van der Waals surface area contributed by atoms with Crippen LogP contribution in [0.5, 0.6) is 5.75 Å². The summed E-state index contributed by atoms with van der Waals surface area (Å²) in [7, 11) is 5.09. The van der Waals surface area contributed by atoms with Gasteiger partial charge in [0.25, 0.3) is 0 Å². The van der Waals surface area contributed by atoms with E-state index in [2.05, 4.69) is 31.3 Å². The summed E-state index contributed by atoms with van der Waals surface area (Å²) < 4.78 is 8.57. The van der Waals surface area contributed by atoms with Crippen molar-refractivity contribution >= 4 is 11.6 Å². The fourth-order valence-corrected chi connectivity index (χ4v) is 2.64. The molecule has 1 aromatic carbocycles. The number of ether oxygens (including phenoxy) is 1. The Bertz CT molecular complexity index is 917. The average molecular weight is 356 g/mol. The molecular weight excluding hydrogens is 336 g/mol. The van der Waals surface area contributed by atoms with Crippen LogP contribution in [0.15, 0.2) is 30.6 Å². The van der Waals surface area contributed by atoms with Crippen LogP contribution in [-0.2, 0) is 11.8 Å². The van der Waals surface area contributed by atoms with Gasteiger partial charge in [0, 0.05) is 24.5 Å². The molecule has 1 atom stereocenters. The second kappa shape index (κ2) is 7.31. The van der Waals surface area contributed by atoms with Crippen molar-refractivity contribution in [3.05, 3.63) is 42.0 Å². The van der Waals surface area contributed by atoms with E-state index in [1.54, 1.807) is 68.1 Å². The molecule has 0 aliphatic heterocycles. The Morgan fingerprint density at radius 3 is 2.73 bits per heavy atom. The van der Waals surface area contributed by atoms with E-state index in [0.29, 0.717) is 22.9 Å². The SMILES string of the molecule is CNC(C(=O)Nc1ccc(OC)c(-n2nnnc2C)c1)c1cnn(C)c1. The molecule has 0 saturated heterocycles. The molecule has 2 heterocycles. The molecule has 1 amide bonds. The smallest absolute Gasteiger partial charge is 0.246 e. The zero-order valence-electron chi connectivity index (χ0n) is 15.0. The van der Waals surface area contributed by atoms with E-state index in [4.69, 9.17) is 4.74 Å². The summed E-state index contributed by atoms with van der Waals surface area (Å²) in [4.78, 5) is 12.7. The van der Waals surface area contributed by atoms with Crippen LogP contribution in [0.3, 0.4) is 0 Å². The Kier molecular flexibility index (Phi) is 4.94. The van der Waals surface area contributed by atoms with Gasteiger partial charge >= 0.3 is 0 Å². The highest BCUT2D eigenvalue weighted by molar-refractivity contribution is 5.95. The number of hydrogen-bond acceptors (Lipinski definition) is 7. The first kappa shape index (κ1) is 17.5. The van der Waals surface area contributed by atoms with Crippen LogP contribution in [0, 0.1) is 6.92 Å². The van der Waals surface area contributed by atoms with Gasteiger partial charge in [-0.25, -0.2) is 0 Å². The van der Waals surface area contributed by atoms with Gasteiger partial charge in [0.05, 0.1) is 13.3 Å². The number of carbonyl (C=O) groups is 1. The Balaban J connectivity index is 1.88. The van der Waals surface area contributed by atoms with Gasteiger partial charge < -0.3 is 15.4 Å². The summed E-state index contributed by atoms with van der Waals surface area (Å²) in [5.74, 6) is 0.996. The molecule has 3 aromatic rings. The molecule has 1 unspecified atom stereocenters. The quantitative estimate of drug-likeness (QED) is 0.665. The van der Waals surface area contributed by atoms with Gasteiger partial charge in [0.15, 0.2) is 5.82 Å². The fourth-order valence-electron chi connectivity index (χ4n) is 2.64. The van der Waals surface area contributed by atoms with E-state index in [1.807, 2.05) is 0 Å². The summed E-state index contributed by atoms with van der Waals surface area (Å²) >= 11 is 0. The van der Waals surface area contributed by atoms with Crippen LogP contribution in [0.1, 0.15) is 17.4 Å². The molecule has 0 saturated carbocycles. The summed E-state index contributed by atoms with van der Waals surface area (Å²) in [5.41, 5.74) is 2.01. The van der Waals surface area contributed by atoms with E-state index in [0.717, 1.165) is 5.56 Å². The molecule has 10 heteroatoms. The van der Waals surface area contributed by atoms with Crippen LogP contribution >= 0.6 is 0 Å². The number of nitrogens with zero attached hydrogens (tertiary/aromatic N) is 6. The van der Waals surface area contributed by atoms with Crippen LogP contribution in [0.2, 0.25) is 0 Å². The van der Waals surface area contributed by atoms with Gasteiger partial charge in [-0.15, -0.1) is 5.10 Å². The lowest BCUT2D eigenvalue weighted by atomic mass is 10.1. The Hall–Kier alpha value is -3.27. The molecule has 0 fully saturated rings. The standard InChI is InChI=1S/C16H20N8O2/c1-10-20-21-22-24(10)13-7-12(5-6-14(13)26-4)19-16(25)15(17-2)11-8-18-23(3)9-11/h5-9,15,17H,1-4H3,(H,19,25). The second-order valence-electron chi connectivity index (χ2n) is 5.68. The minimum atomic E-state index is -0.524. The molecule has 136 valence electrons. The maximum Gasteiger partial charge on any atom is 0.246 e. The molecule has 0 aliphatic carbocycles. The number of methoxy groups -OCH3 is 1. The minimum absolute atomic E-state index is 0.204. The highest BCUT2D eigenvalue weighted by atomic mass is 16.5. The third kappa shape index (κ3) is 3.40. The number of anilines is 1. The lowest BCUT2D eigenvalue weighted by Gasteiger charge is -2.16. The zero-order chi connectivity index (χ0) is 18.7. The van der Waals surface area contributed by atoms with Gasteiger partial charge in [0.2, 0.25) is 5.91 Å². The Morgan fingerprint density at radius 1 is 1.35 bits per heavy atom. The predicted molar refractivity (Wildman–Crippen MR) is 94.1 cm³/mol. The third-order valence-corrected chi connectivity index (χ3v) is 3.91. The number of aromatic nitrogens is 6. The van der Waals surface area contributed by atoms with Gasteiger partial charge in [-0.2, -0.15) is 9.78 Å².